The van der Waals surface area contributed by atoms with Crippen molar-refractivity contribution in [1.82, 2.24) is 24.8 Å². The Morgan fingerprint density at radius 3 is 2.45 bits per heavy atom. The lowest BCUT2D eigenvalue weighted by atomic mass is 9.81. The lowest BCUT2D eigenvalue weighted by Crippen LogP contribution is -2.46. The van der Waals surface area contributed by atoms with Gasteiger partial charge in [0.1, 0.15) is 12.9 Å². The molecule has 0 N–H and O–H groups in total. The SMILES string of the molecule is O=C(CN1C(=O)[C@@H]2[C@@H]3CC[C@@H](C3)[C@@H]2C1=O)N1CCC[C@H](c2ncncc2-c2ccncc2)C1. The maximum atomic E-state index is 13.2. The van der Waals surface area contributed by atoms with E-state index >= 15 is 0 Å². The molecule has 2 saturated heterocycles. The van der Waals surface area contributed by atoms with Crippen molar-refractivity contribution in [3.05, 3.63) is 42.7 Å². The minimum absolute atomic E-state index is 0.0778. The molecular formula is C25H27N5O3. The molecule has 8 nitrogen and oxygen atoms in total. The van der Waals surface area contributed by atoms with Crippen molar-refractivity contribution < 1.29 is 14.4 Å². The third kappa shape index (κ3) is 3.34. The van der Waals surface area contributed by atoms with E-state index in [2.05, 4.69) is 15.0 Å². The highest BCUT2D eigenvalue weighted by Gasteiger charge is 2.61. The Labute approximate surface area is 192 Å². The molecule has 0 spiro atoms. The van der Waals surface area contributed by atoms with Crippen LogP contribution in [0.25, 0.3) is 11.1 Å². The number of carbonyl (C=O) groups is 3. The van der Waals surface area contributed by atoms with Crippen molar-refractivity contribution in [2.45, 2.75) is 38.0 Å². The highest BCUT2D eigenvalue weighted by atomic mass is 16.2. The van der Waals surface area contributed by atoms with Crippen molar-refractivity contribution in [2.75, 3.05) is 19.6 Å². The number of likely N-dealkylation sites (tertiary alicyclic amines) is 2. The number of imide groups is 1. The van der Waals surface area contributed by atoms with Gasteiger partial charge in [-0.15, -0.1) is 0 Å². The maximum Gasteiger partial charge on any atom is 0.242 e. The van der Waals surface area contributed by atoms with Crippen LogP contribution in [-0.4, -0.2) is 62.1 Å². The molecule has 2 aliphatic heterocycles. The van der Waals surface area contributed by atoms with Gasteiger partial charge in [-0.25, -0.2) is 9.97 Å². The van der Waals surface area contributed by atoms with Crippen LogP contribution in [0.1, 0.15) is 43.7 Å². The molecule has 2 bridgehead atoms. The average molecular weight is 446 g/mol. The van der Waals surface area contributed by atoms with Gasteiger partial charge in [0.05, 0.1) is 17.5 Å². The van der Waals surface area contributed by atoms with Crippen molar-refractivity contribution in [2.24, 2.45) is 23.7 Å². The number of aromatic nitrogens is 3. The van der Waals surface area contributed by atoms with Gasteiger partial charge in [-0.1, -0.05) is 0 Å². The fourth-order valence-electron chi connectivity index (χ4n) is 6.71. The first-order valence-corrected chi connectivity index (χ1v) is 11.9. The van der Waals surface area contributed by atoms with E-state index in [0.29, 0.717) is 24.9 Å². The molecule has 8 heteroatoms. The molecular weight excluding hydrogens is 418 g/mol. The van der Waals surface area contributed by atoms with E-state index in [9.17, 15) is 14.4 Å². The lowest BCUT2D eigenvalue weighted by molar-refractivity contribution is -0.147. The standard InChI is InChI=1S/C25H27N5O3/c31-20(13-30-24(32)21-16-3-4-17(10-16)22(21)25(30)33)29-9-1-2-18(12-29)23-19(11-27-14-28-23)15-5-7-26-8-6-15/h5-8,11,14,16-18,21-22H,1-4,9-10,12-13H2/t16-,17+,18-,21-,22+/m0/s1. The Hall–Kier alpha value is -3.16. The summed E-state index contributed by atoms with van der Waals surface area (Å²) in [5.74, 6) is 0.0110. The van der Waals surface area contributed by atoms with E-state index in [-0.39, 0.29) is 42.0 Å². The third-order valence-corrected chi connectivity index (χ3v) is 8.21. The van der Waals surface area contributed by atoms with Crippen LogP contribution in [0, 0.1) is 23.7 Å². The summed E-state index contributed by atoms with van der Waals surface area (Å²) in [7, 11) is 0. The number of hydrogen-bond acceptors (Lipinski definition) is 6. The number of fused-ring (bicyclic) bond motifs is 5. The Morgan fingerprint density at radius 1 is 1.00 bits per heavy atom. The van der Waals surface area contributed by atoms with Crippen LogP contribution in [0.5, 0.6) is 0 Å². The fourth-order valence-corrected chi connectivity index (χ4v) is 6.71. The van der Waals surface area contributed by atoms with Crippen LogP contribution < -0.4 is 0 Å². The first kappa shape index (κ1) is 20.4. The van der Waals surface area contributed by atoms with Crippen molar-refractivity contribution in [3.63, 3.8) is 0 Å². The summed E-state index contributed by atoms with van der Waals surface area (Å²) in [6.07, 6.45) is 11.7. The zero-order valence-electron chi connectivity index (χ0n) is 18.5. The summed E-state index contributed by atoms with van der Waals surface area (Å²) in [6, 6.07) is 3.87. The van der Waals surface area contributed by atoms with Crippen molar-refractivity contribution >= 4 is 17.7 Å². The van der Waals surface area contributed by atoms with E-state index in [0.717, 1.165) is 48.9 Å². The molecule has 6 rings (SSSR count). The summed E-state index contributed by atoms with van der Waals surface area (Å²) in [5.41, 5.74) is 2.87. The Kier molecular flexibility index (Phi) is 4.96. The lowest BCUT2D eigenvalue weighted by Gasteiger charge is -2.34. The fraction of sp³-hybridized carbons (Fsp3) is 0.520. The van der Waals surface area contributed by atoms with Gasteiger partial charge in [0, 0.05) is 43.2 Å². The summed E-state index contributed by atoms with van der Waals surface area (Å²) >= 11 is 0. The van der Waals surface area contributed by atoms with E-state index in [4.69, 9.17) is 0 Å². The highest BCUT2D eigenvalue weighted by molar-refractivity contribution is 6.08. The average Bonchev–Trinajstić information content (AvgIpc) is 3.55. The second kappa shape index (κ2) is 8.01. The third-order valence-electron chi connectivity index (χ3n) is 8.21. The largest absolute Gasteiger partial charge is 0.340 e. The maximum absolute atomic E-state index is 13.2. The first-order chi connectivity index (χ1) is 16.1. The topological polar surface area (TPSA) is 96.4 Å². The molecule has 4 aliphatic rings. The molecule has 4 fully saturated rings. The van der Waals surface area contributed by atoms with Crippen LogP contribution in [-0.2, 0) is 14.4 Å². The van der Waals surface area contributed by atoms with Gasteiger partial charge in [0.2, 0.25) is 17.7 Å². The molecule has 0 aromatic carbocycles. The van der Waals surface area contributed by atoms with Crippen LogP contribution in [0.4, 0.5) is 0 Å². The number of rotatable bonds is 4. The summed E-state index contributed by atoms with van der Waals surface area (Å²) in [6.45, 7) is 1.04. The molecule has 2 aromatic rings. The van der Waals surface area contributed by atoms with E-state index in [1.807, 2.05) is 18.3 Å². The van der Waals surface area contributed by atoms with Gasteiger partial charge in [-0.05, 0) is 61.6 Å². The highest BCUT2D eigenvalue weighted by Crippen LogP contribution is 2.56. The molecule has 5 atom stereocenters. The van der Waals surface area contributed by atoms with Gasteiger partial charge in [-0.2, -0.15) is 0 Å². The zero-order valence-corrected chi connectivity index (χ0v) is 18.5. The Morgan fingerprint density at radius 2 is 1.73 bits per heavy atom. The van der Waals surface area contributed by atoms with Crippen LogP contribution in [0.15, 0.2) is 37.1 Å². The number of pyridine rings is 1. The van der Waals surface area contributed by atoms with Gasteiger partial charge in [0.15, 0.2) is 0 Å². The zero-order chi connectivity index (χ0) is 22.5. The normalized spacial score (nSPS) is 30.7. The molecule has 0 radical (unpaired) electrons. The van der Waals surface area contributed by atoms with Crippen molar-refractivity contribution in [3.8, 4) is 11.1 Å². The molecule has 4 heterocycles. The van der Waals surface area contributed by atoms with Crippen LogP contribution in [0.2, 0.25) is 0 Å². The van der Waals surface area contributed by atoms with Crippen LogP contribution in [0.3, 0.4) is 0 Å². The van der Waals surface area contributed by atoms with Crippen LogP contribution >= 0.6 is 0 Å². The van der Waals surface area contributed by atoms with Gasteiger partial charge in [0.25, 0.3) is 0 Å². The molecule has 33 heavy (non-hydrogen) atoms. The molecule has 2 saturated carbocycles. The van der Waals surface area contributed by atoms with Gasteiger partial charge < -0.3 is 4.90 Å². The number of piperidine rings is 1. The number of nitrogens with zero attached hydrogens (tertiary/aromatic N) is 5. The Balaban J connectivity index is 1.18. The number of carbonyl (C=O) groups excluding carboxylic acids is 3. The van der Waals surface area contributed by atoms with E-state index in [1.54, 1.807) is 23.6 Å². The summed E-state index contributed by atoms with van der Waals surface area (Å²) in [4.78, 5) is 55.2. The van der Waals surface area contributed by atoms with Crippen molar-refractivity contribution in [1.29, 1.82) is 0 Å². The van der Waals surface area contributed by atoms with E-state index < -0.39 is 0 Å². The molecule has 3 amide bonds. The minimum Gasteiger partial charge on any atom is -0.340 e. The minimum atomic E-state index is -0.179. The number of amides is 3. The Bertz CT molecular complexity index is 1080. The quantitative estimate of drug-likeness (QED) is 0.670. The molecule has 0 unspecified atom stereocenters. The monoisotopic (exact) mass is 445 g/mol. The molecule has 2 aromatic heterocycles. The van der Waals surface area contributed by atoms with Gasteiger partial charge in [-0.3, -0.25) is 24.3 Å². The first-order valence-electron chi connectivity index (χ1n) is 11.9. The smallest absolute Gasteiger partial charge is 0.242 e. The second-order valence-electron chi connectivity index (χ2n) is 9.88. The molecule has 170 valence electrons. The summed E-state index contributed by atoms with van der Waals surface area (Å²) in [5, 5.41) is 0. The predicted octanol–water partition coefficient (Wildman–Crippen LogP) is 2.28. The van der Waals surface area contributed by atoms with Gasteiger partial charge >= 0.3 is 0 Å². The van der Waals surface area contributed by atoms with E-state index in [1.165, 1.54) is 4.90 Å². The molecule has 2 aliphatic carbocycles. The predicted molar refractivity (Wildman–Crippen MR) is 118 cm³/mol. The summed E-state index contributed by atoms with van der Waals surface area (Å²) < 4.78 is 0. The number of hydrogen-bond donors (Lipinski definition) is 0. The second-order valence-corrected chi connectivity index (χ2v) is 9.88.